The Bertz CT molecular complexity index is 771. The number of hydrogen-bond acceptors (Lipinski definition) is 8. The van der Waals surface area contributed by atoms with E-state index in [-0.39, 0.29) is 2220 Å². The first-order valence-corrected chi connectivity index (χ1v) is 9.00. The summed E-state index contributed by atoms with van der Waals surface area (Å²) in [5, 5.41) is 60.8. The predicted molar refractivity (Wildman–Crippen MR) is 143 cm³/mol. The Morgan fingerprint density at radius 2 is 0.104 bits per heavy atom. The molecule has 16 nitrogen and oxygen atoms in total. The van der Waals surface area contributed by atoms with Crippen molar-refractivity contribution in [1.82, 2.24) is 0 Å². The van der Waals surface area contributed by atoms with Crippen LogP contribution in [0.3, 0.4) is 0 Å². The van der Waals surface area contributed by atoms with Gasteiger partial charge in [0, 0.05) is 48.6 Å². The molecule has 0 aliphatic heterocycles. The fourth-order valence-electron chi connectivity index (χ4n) is 0. The molecule has 0 fully saturated rings. The maximum Gasteiger partial charge on any atom is 1.00 e. The van der Waals surface area contributed by atoms with Crippen molar-refractivity contribution in [2.75, 3.05) is 0 Å². The Hall–Kier alpha value is 68.7. The van der Waals surface area contributed by atoms with Gasteiger partial charge in [-0.15, -0.1) is 0 Å². The van der Waals surface area contributed by atoms with Crippen LogP contribution in [0.15, 0.2) is 101 Å². The molecule has 8 N–H and O–H groups in total. The van der Waals surface area contributed by atoms with Crippen molar-refractivity contribution >= 4 is 47.8 Å². The Balaban J connectivity index is -0.00000000115. The fraction of sp³-hybridized carbons (Fsp3) is 0. The Morgan fingerprint density at radius 3 is 0.104 bits per heavy atom. The van der Waals surface area contributed by atoms with Gasteiger partial charge in [0.1, 0.15) is 0 Å². The fourth-order valence-corrected chi connectivity index (χ4v) is 0. The average molecular weight is 2300 g/mol. The number of carboxylic acid groups (broad SMARTS) is 8. The molecule has 0 amide bonds. The van der Waals surface area contributed by atoms with E-state index < -0.39 is 47.8 Å². The molecule has 91 heteroatoms. The molecule has 0 atom stereocenters. The smallest absolute Gasteiger partial charge is 0.478 e. The van der Waals surface area contributed by atoms with Crippen molar-refractivity contribution in [3.63, 3.8) is 0 Å². The number of aliphatic carboxylic acids is 8. The molecule has 0 heterocycles. The van der Waals surface area contributed by atoms with E-state index in [2.05, 4.69) is 52.6 Å². The van der Waals surface area contributed by atoms with Gasteiger partial charge in [-0.25, -0.2) is 38.4 Å². The predicted octanol–water partition coefficient (Wildman–Crippen LogP) is -223. The second kappa shape index (κ2) is 595. The topological polar surface area (TPSA) is 298 Å². The molecule has 115 heavy (non-hydrogen) atoms. The normalized spacial score (nSPS) is 2.23. The SMILES string of the molecule is C=CC(=O)O.C=CC(=O)O.C=CC(=O)O.C=CC(=O)O.C=CC(=O)O.C=CC(=O)O.C=CC(=O)O.C=CC(=O)O.[Na+].[Na+].[Na+].[Na+].[Na+].[Na+].[Na+].[Na+].[Na+].[Na+].[Na+].[Na+].[Na+].[Na+].[Na+].[Na+].[Na+].[Na+].[Na+].[Na+].[Na+].[Na+].[Na+].[Na+].[Na+].[Na+].[Na+].[Na+].[Na+].[Na+].[Na+].[Na+].[Na+].[Na+].[Na+].[Na+].[Na+].[Na+].[Na+].[Na+].[Na+].[Na+].[Na+].[Na+].[Na+].[Na+].[Na+].[Na+].[Na+].[Na+].[Na+].[Na+].[Na+].[Na+].[Na+].[Na+].[Na+].[Na+].[Na+].[Na+].[Na+].[Na+].[Na+].[Na+].[Na+].[Na+].[Na+].[Na+].[Na+].[Na+].[Na+].[Na+].[Na+].[Na+].[Na+]. The van der Waals surface area contributed by atoms with E-state index in [1.54, 1.807) is 0 Å². The van der Waals surface area contributed by atoms with Crippen LogP contribution in [0.2, 0.25) is 0 Å². The summed E-state index contributed by atoms with van der Waals surface area (Å²) < 4.78 is 0. The molecule has 0 saturated carbocycles. The van der Waals surface area contributed by atoms with Crippen LogP contribution in [-0.2, 0) is 38.4 Å². The minimum atomic E-state index is -0.981. The second-order valence-corrected chi connectivity index (χ2v) is 4.34. The van der Waals surface area contributed by atoms with Gasteiger partial charge < -0.3 is 40.9 Å². The van der Waals surface area contributed by atoms with Gasteiger partial charge in [0.15, 0.2) is 0 Å². The first-order chi connectivity index (χ1) is 18.2. The molecule has 0 aromatic carbocycles. The molecule has 0 radical (unpaired) electrons. The molecule has 0 bridgehead atoms. The van der Waals surface area contributed by atoms with Gasteiger partial charge in [0.2, 0.25) is 0 Å². The molecule has 0 spiro atoms. The van der Waals surface area contributed by atoms with E-state index in [0.29, 0.717) is 0 Å². The summed E-state index contributed by atoms with van der Waals surface area (Å²) in [6.45, 7) is 23.7. The van der Waals surface area contributed by atoms with E-state index in [1.165, 1.54) is 0 Å². The van der Waals surface area contributed by atoms with Crippen LogP contribution < -0.4 is 2220 Å². The number of carbonyl (C=O) groups is 8. The maximum absolute atomic E-state index is 9.25. The van der Waals surface area contributed by atoms with Crippen LogP contribution in [0.1, 0.15) is 0 Å². The number of rotatable bonds is 8. The Labute approximate surface area is 2360 Å². The summed E-state index contributed by atoms with van der Waals surface area (Å²) in [4.78, 5) is 74.0. The third-order valence-electron chi connectivity index (χ3n) is 1.40. The van der Waals surface area contributed by atoms with E-state index in [0.717, 1.165) is 48.6 Å². The molecule has 0 aliphatic rings. The molecular formula is C24H32Na75O16+75. The van der Waals surface area contributed by atoms with Crippen LogP contribution in [0.4, 0.5) is 0 Å². The molecule has 0 aliphatic carbocycles. The standard InChI is InChI=1S/8C3H4O2.75Na/c8*1-2-3(4)5;;;;;;;;;;;;;;;;;;;;;;;;;;;;;;;;;;;;;;;;;;;;;;;;;;;;;;;;;;;;;;;;;;;;;;;;;;;/h8*2H,1H2,(H,4,5);;;;;;;;;;;;;;;;;;;;;;;;;;;;;;;;;;;;;;;;;;;;;;;;;;;;;;;;;;;;;;;;;;;;;;;;;;;/q;;;;;;;;75*+1. The minimum absolute atomic E-state index is 0. The van der Waals surface area contributed by atoms with Crippen molar-refractivity contribution in [2.24, 2.45) is 0 Å². The number of hydrogen-bond donors (Lipinski definition) is 8. The maximum atomic E-state index is 9.25. The van der Waals surface area contributed by atoms with Gasteiger partial charge in [-0.1, -0.05) is 52.6 Å². The summed E-state index contributed by atoms with van der Waals surface area (Å²) in [6.07, 6.45) is 6.67. The van der Waals surface area contributed by atoms with Gasteiger partial charge in [-0.3, -0.25) is 0 Å². The molecule has 0 aromatic heterocycles. The van der Waals surface area contributed by atoms with Crippen LogP contribution in [-0.4, -0.2) is 88.6 Å². The van der Waals surface area contributed by atoms with E-state index in [1.807, 2.05) is 0 Å². The van der Waals surface area contributed by atoms with Gasteiger partial charge in [0.05, 0.1) is 0 Å². The van der Waals surface area contributed by atoms with E-state index >= 15 is 0 Å². The van der Waals surface area contributed by atoms with Gasteiger partial charge in [-0.05, 0) is 0 Å². The van der Waals surface area contributed by atoms with Crippen molar-refractivity contribution < 1.29 is 2300 Å². The minimum Gasteiger partial charge on any atom is -0.478 e. The largest absolute Gasteiger partial charge is 1.00 e. The first-order valence-electron chi connectivity index (χ1n) is 9.00. The summed E-state index contributed by atoms with van der Waals surface area (Å²) in [7, 11) is 0. The molecule has 0 unspecified atom stereocenters. The Morgan fingerprint density at radius 1 is 0.0957 bits per heavy atom. The summed E-state index contributed by atoms with van der Waals surface area (Å²) in [5.41, 5.74) is 0. The van der Waals surface area contributed by atoms with Crippen molar-refractivity contribution in [3.8, 4) is 0 Å². The van der Waals surface area contributed by atoms with Crippen molar-refractivity contribution in [2.45, 2.75) is 0 Å². The van der Waals surface area contributed by atoms with Gasteiger partial charge in [-0.2, -0.15) is 0 Å². The van der Waals surface area contributed by atoms with Crippen molar-refractivity contribution in [3.05, 3.63) is 101 Å². The van der Waals surface area contributed by atoms with Crippen LogP contribution in [0.25, 0.3) is 0 Å². The second-order valence-electron chi connectivity index (χ2n) is 4.34. The molecule has 224 valence electrons. The van der Waals surface area contributed by atoms with E-state index in [4.69, 9.17) is 40.9 Å². The summed E-state index contributed by atoms with van der Waals surface area (Å²) in [6, 6.07) is 0. The molecule has 0 aromatic rings. The molecule has 0 rings (SSSR count). The monoisotopic (exact) mass is 2300 g/mol. The third kappa shape index (κ3) is 832. The first kappa shape index (κ1) is 605. The quantitative estimate of drug-likeness (QED) is 0.0827. The zero-order valence-corrected chi connectivity index (χ0v) is 246. The average Bonchev–Trinajstić information content (AvgIpc) is 2.90. The van der Waals surface area contributed by atoms with Crippen LogP contribution in [0, 0.1) is 0 Å². The van der Waals surface area contributed by atoms with Gasteiger partial charge >= 0.3 is 2260 Å². The zero-order chi connectivity index (χ0) is 34.3. The third-order valence-corrected chi connectivity index (χ3v) is 1.40. The van der Waals surface area contributed by atoms with Crippen LogP contribution in [0.5, 0.6) is 0 Å². The zero-order valence-electron chi connectivity index (χ0n) is 96.1. The summed E-state index contributed by atoms with van der Waals surface area (Å²) >= 11 is 0. The molecule has 0 saturated heterocycles. The Kier molecular flexibility index (Phi) is 3130. The van der Waals surface area contributed by atoms with Crippen LogP contribution >= 0.6 is 0 Å². The van der Waals surface area contributed by atoms with Crippen molar-refractivity contribution in [1.29, 1.82) is 0 Å². The van der Waals surface area contributed by atoms with Gasteiger partial charge in [0.25, 0.3) is 0 Å². The molecular weight excluding hydrogens is 2270 g/mol. The number of carboxylic acids is 8. The van der Waals surface area contributed by atoms with E-state index in [9.17, 15) is 38.4 Å². The summed E-state index contributed by atoms with van der Waals surface area (Å²) in [5.74, 6) is -7.85.